The van der Waals surface area contributed by atoms with Crippen molar-refractivity contribution in [3.63, 3.8) is 0 Å². The van der Waals surface area contributed by atoms with Gasteiger partial charge in [0, 0.05) is 11.6 Å². The van der Waals surface area contributed by atoms with E-state index in [1.54, 1.807) is 13.3 Å². The van der Waals surface area contributed by atoms with Crippen LogP contribution in [0.4, 0.5) is 0 Å². The highest BCUT2D eigenvalue weighted by Crippen LogP contribution is 2.21. The van der Waals surface area contributed by atoms with Gasteiger partial charge in [-0.3, -0.25) is 0 Å². The first kappa shape index (κ1) is 8.68. The van der Waals surface area contributed by atoms with Gasteiger partial charge in [-0.15, -0.1) is 0 Å². The summed E-state index contributed by atoms with van der Waals surface area (Å²) in [5.74, 6) is 0.631. The number of rotatable bonds is 1. The second kappa shape index (κ2) is 3.45. The third-order valence-electron chi connectivity index (χ3n) is 1.70. The van der Waals surface area contributed by atoms with Gasteiger partial charge in [-0.05, 0) is 40.8 Å². The first-order valence-corrected chi connectivity index (χ1v) is 4.84. The molecule has 0 aromatic carbocycles. The third kappa shape index (κ3) is 1.58. The molecule has 2 heterocycles. The number of pyridine rings is 2. The molecule has 0 unspecified atom stereocenters. The number of fused-ring (bicyclic) bond motifs is 1. The summed E-state index contributed by atoms with van der Waals surface area (Å²) < 4.78 is 6.10. The van der Waals surface area contributed by atoms with E-state index in [-0.39, 0.29) is 0 Å². The minimum absolute atomic E-state index is 0.631. The predicted octanol–water partition coefficient (Wildman–Crippen LogP) is 2.24. The summed E-state index contributed by atoms with van der Waals surface area (Å²) in [5, 5.41) is 1.03. The van der Waals surface area contributed by atoms with E-state index in [0.717, 1.165) is 14.6 Å². The minimum Gasteiger partial charge on any atom is -0.480 e. The van der Waals surface area contributed by atoms with E-state index in [1.165, 1.54) is 0 Å². The van der Waals surface area contributed by atoms with E-state index in [9.17, 15) is 0 Å². The summed E-state index contributed by atoms with van der Waals surface area (Å²) in [6.45, 7) is 0. The number of methoxy groups -OCH3 is 1. The normalized spacial score (nSPS) is 10.3. The van der Waals surface area contributed by atoms with Crippen LogP contribution >= 0.6 is 22.6 Å². The van der Waals surface area contributed by atoms with Crippen LogP contribution in [0.3, 0.4) is 0 Å². The molecular formula is C9H7IN2O. The highest BCUT2D eigenvalue weighted by atomic mass is 127. The molecule has 0 N–H and O–H groups in total. The number of hydrogen-bond acceptors (Lipinski definition) is 3. The largest absolute Gasteiger partial charge is 0.480 e. The topological polar surface area (TPSA) is 35.0 Å². The zero-order chi connectivity index (χ0) is 9.26. The van der Waals surface area contributed by atoms with Crippen molar-refractivity contribution < 1.29 is 4.74 Å². The van der Waals surface area contributed by atoms with Gasteiger partial charge in [0.05, 0.1) is 10.7 Å². The molecule has 0 aliphatic carbocycles. The second-order valence-electron chi connectivity index (χ2n) is 2.53. The van der Waals surface area contributed by atoms with Crippen LogP contribution in [0.2, 0.25) is 0 Å². The summed E-state index contributed by atoms with van der Waals surface area (Å²) in [6, 6.07) is 5.89. The van der Waals surface area contributed by atoms with Gasteiger partial charge in [-0.25, -0.2) is 4.98 Å². The van der Waals surface area contributed by atoms with Crippen LogP contribution in [0.5, 0.6) is 5.88 Å². The quantitative estimate of drug-likeness (QED) is 0.754. The number of aromatic nitrogens is 2. The van der Waals surface area contributed by atoms with E-state index < -0.39 is 0 Å². The van der Waals surface area contributed by atoms with Crippen LogP contribution in [-0.2, 0) is 0 Å². The SMILES string of the molecule is COc1nc2ncccc2cc1I. The van der Waals surface area contributed by atoms with E-state index in [4.69, 9.17) is 4.74 Å². The summed E-state index contributed by atoms with van der Waals surface area (Å²) in [7, 11) is 1.61. The molecule has 0 bridgehead atoms. The summed E-state index contributed by atoms with van der Waals surface area (Å²) in [5.41, 5.74) is 0.722. The molecular weight excluding hydrogens is 279 g/mol. The summed E-state index contributed by atoms with van der Waals surface area (Å²) in [4.78, 5) is 8.39. The lowest BCUT2D eigenvalue weighted by Gasteiger charge is -2.02. The van der Waals surface area contributed by atoms with Crippen molar-refractivity contribution in [2.24, 2.45) is 0 Å². The van der Waals surface area contributed by atoms with Gasteiger partial charge < -0.3 is 4.74 Å². The van der Waals surface area contributed by atoms with E-state index in [0.29, 0.717) is 5.88 Å². The van der Waals surface area contributed by atoms with Gasteiger partial charge in [0.15, 0.2) is 5.65 Å². The Morgan fingerprint density at radius 2 is 2.31 bits per heavy atom. The fourth-order valence-electron chi connectivity index (χ4n) is 1.11. The van der Waals surface area contributed by atoms with E-state index in [1.807, 2.05) is 18.2 Å². The summed E-state index contributed by atoms with van der Waals surface area (Å²) >= 11 is 2.19. The average Bonchev–Trinajstić information content (AvgIpc) is 2.17. The molecule has 4 heteroatoms. The maximum absolute atomic E-state index is 5.09. The van der Waals surface area contributed by atoms with Crippen LogP contribution in [-0.4, -0.2) is 17.1 Å². The van der Waals surface area contributed by atoms with Crippen molar-refractivity contribution >= 4 is 33.6 Å². The van der Waals surface area contributed by atoms with Crippen LogP contribution in [0.1, 0.15) is 0 Å². The molecule has 2 aromatic heterocycles. The van der Waals surface area contributed by atoms with Gasteiger partial charge in [0.25, 0.3) is 0 Å². The molecule has 0 saturated heterocycles. The highest BCUT2D eigenvalue weighted by molar-refractivity contribution is 14.1. The molecule has 2 rings (SSSR count). The fourth-order valence-corrected chi connectivity index (χ4v) is 1.78. The van der Waals surface area contributed by atoms with Gasteiger partial charge >= 0.3 is 0 Å². The molecule has 0 aliphatic heterocycles. The maximum Gasteiger partial charge on any atom is 0.228 e. The van der Waals surface area contributed by atoms with E-state index in [2.05, 4.69) is 32.6 Å². The van der Waals surface area contributed by atoms with Crippen LogP contribution in [0.25, 0.3) is 11.0 Å². The Labute approximate surface area is 89.3 Å². The van der Waals surface area contributed by atoms with Crippen molar-refractivity contribution in [1.82, 2.24) is 9.97 Å². The Morgan fingerprint density at radius 3 is 3.08 bits per heavy atom. The molecule has 2 aromatic rings. The van der Waals surface area contributed by atoms with Crippen molar-refractivity contribution in [2.75, 3.05) is 7.11 Å². The number of hydrogen-bond donors (Lipinski definition) is 0. The lowest BCUT2D eigenvalue weighted by molar-refractivity contribution is 0.396. The summed E-state index contributed by atoms with van der Waals surface area (Å²) in [6.07, 6.45) is 1.72. The Hall–Kier alpha value is -0.910. The minimum atomic E-state index is 0.631. The number of nitrogens with zero attached hydrogens (tertiary/aromatic N) is 2. The lowest BCUT2D eigenvalue weighted by Crippen LogP contribution is -1.92. The molecule has 66 valence electrons. The first-order valence-electron chi connectivity index (χ1n) is 3.76. The predicted molar refractivity (Wildman–Crippen MR) is 58.8 cm³/mol. The second-order valence-corrected chi connectivity index (χ2v) is 3.69. The zero-order valence-electron chi connectivity index (χ0n) is 6.99. The Kier molecular flexibility index (Phi) is 2.30. The molecule has 0 saturated carbocycles. The first-order chi connectivity index (χ1) is 6.31. The molecule has 0 radical (unpaired) electrons. The molecule has 0 amide bonds. The van der Waals surface area contributed by atoms with Gasteiger partial charge in [-0.2, -0.15) is 4.98 Å². The van der Waals surface area contributed by atoms with Crippen molar-refractivity contribution in [3.05, 3.63) is 28.0 Å². The average molecular weight is 286 g/mol. The third-order valence-corrected chi connectivity index (χ3v) is 2.48. The molecule has 13 heavy (non-hydrogen) atoms. The van der Waals surface area contributed by atoms with Crippen LogP contribution in [0.15, 0.2) is 24.4 Å². The van der Waals surface area contributed by atoms with E-state index >= 15 is 0 Å². The van der Waals surface area contributed by atoms with Crippen LogP contribution < -0.4 is 4.74 Å². The van der Waals surface area contributed by atoms with Crippen molar-refractivity contribution in [2.45, 2.75) is 0 Å². The van der Waals surface area contributed by atoms with Gasteiger partial charge in [0.1, 0.15) is 0 Å². The number of ether oxygens (including phenoxy) is 1. The Morgan fingerprint density at radius 1 is 1.46 bits per heavy atom. The molecule has 0 aliphatic rings. The van der Waals surface area contributed by atoms with Gasteiger partial charge in [0.2, 0.25) is 5.88 Å². The zero-order valence-corrected chi connectivity index (χ0v) is 9.15. The molecule has 0 spiro atoms. The smallest absolute Gasteiger partial charge is 0.228 e. The maximum atomic E-state index is 5.09. The lowest BCUT2D eigenvalue weighted by atomic mass is 10.3. The molecule has 0 fully saturated rings. The van der Waals surface area contributed by atoms with Crippen molar-refractivity contribution in [3.8, 4) is 5.88 Å². The Balaban J connectivity index is 2.74. The standard InChI is InChI=1S/C9H7IN2O/c1-13-9-7(10)5-6-3-2-4-11-8(6)12-9/h2-5H,1H3. The van der Waals surface area contributed by atoms with Crippen LogP contribution in [0, 0.1) is 3.57 Å². The Bertz CT molecular complexity index is 445. The van der Waals surface area contributed by atoms with Gasteiger partial charge in [-0.1, -0.05) is 0 Å². The molecule has 3 nitrogen and oxygen atoms in total. The monoisotopic (exact) mass is 286 g/mol. The fraction of sp³-hybridized carbons (Fsp3) is 0.111. The molecule has 0 atom stereocenters. The van der Waals surface area contributed by atoms with Crippen molar-refractivity contribution in [1.29, 1.82) is 0 Å². The number of halogens is 1. The highest BCUT2D eigenvalue weighted by Gasteiger charge is 2.03.